The van der Waals surface area contributed by atoms with E-state index >= 15 is 0 Å². The van der Waals surface area contributed by atoms with Gasteiger partial charge in [0, 0.05) is 11.9 Å². The number of pyridine rings is 1. The first-order valence-electron chi connectivity index (χ1n) is 9.47. The zero-order valence-electron chi connectivity index (χ0n) is 16.7. The van der Waals surface area contributed by atoms with E-state index < -0.39 is 16.1 Å². The second-order valence-electron chi connectivity index (χ2n) is 6.58. The molecule has 0 aliphatic heterocycles. The van der Waals surface area contributed by atoms with Crippen LogP contribution in [0.25, 0.3) is 0 Å². The summed E-state index contributed by atoms with van der Waals surface area (Å²) < 4.78 is 33.2. The van der Waals surface area contributed by atoms with Crippen LogP contribution in [-0.4, -0.2) is 25.4 Å². The van der Waals surface area contributed by atoms with Gasteiger partial charge in [0.1, 0.15) is 5.75 Å². The van der Waals surface area contributed by atoms with E-state index in [1.165, 1.54) is 30.5 Å². The molecule has 2 aromatic carbocycles. The number of hydrogen-bond acceptors (Lipinski definition) is 5. The highest BCUT2D eigenvalue weighted by molar-refractivity contribution is 7.92. The molecule has 7 nitrogen and oxygen atoms in total. The molecule has 0 fully saturated rings. The second kappa shape index (κ2) is 9.41. The summed E-state index contributed by atoms with van der Waals surface area (Å²) in [7, 11) is -3.75. The molecular weight excluding hydrogens is 402 g/mol. The van der Waals surface area contributed by atoms with Gasteiger partial charge in [-0.15, -0.1) is 0 Å². The summed E-state index contributed by atoms with van der Waals surface area (Å²) in [5.41, 5.74) is 1.86. The lowest BCUT2D eigenvalue weighted by Gasteiger charge is -2.17. The Morgan fingerprint density at radius 2 is 1.77 bits per heavy atom. The number of para-hydroxylation sites is 1. The predicted octanol–water partition coefficient (Wildman–Crippen LogP) is 3.85. The Bertz CT molecular complexity index is 1100. The van der Waals surface area contributed by atoms with Gasteiger partial charge in [0.2, 0.25) is 0 Å². The Hall–Kier alpha value is -3.39. The fourth-order valence-electron chi connectivity index (χ4n) is 2.75. The van der Waals surface area contributed by atoms with Gasteiger partial charge in [0.05, 0.1) is 16.8 Å². The molecular formula is C22H23N3O4S. The number of carbonyl (C=O) groups is 1. The van der Waals surface area contributed by atoms with Crippen LogP contribution in [0.3, 0.4) is 0 Å². The van der Waals surface area contributed by atoms with Crippen molar-refractivity contribution in [2.75, 3.05) is 10.0 Å². The number of hydrogen-bond donors (Lipinski definition) is 2. The number of rotatable bonds is 8. The molecule has 0 unspecified atom stereocenters. The van der Waals surface area contributed by atoms with Crippen molar-refractivity contribution in [2.24, 2.45) is 0 Å². The average molecular weight is 426 g/mol. The molecule has 3 rings (SSSR count). The molecule has 2 N–H and O–H groups in total. The average Bonchev–Trinajstić information content (AvgIpc) is 2.75. The fourth-order valence-corrected chi connectivity index (χ4v) is 3.80. The van der Waals surface area contributed by atoms with Gasteiger partial charge in [-0.05, 0) is 61.4 Å². The van der Waals surface area contributed by atoms with E-state index in [9.17, 15) is 13.2 Å². The maximum absolute atomic E-state index is 12.5. The van der Waals surface area contributed by atoms with Crippen molar-refractivity contribution in [3.8, 4) is 5.75 Å². The molecule has 1 aromatic heterocycles. The lowest BCUT2D eigenvalue weighted by atomic mass is 10.1. The monoisotopic (exact) mass is 425 g/mol. The number of carbonyl (C=O) groups excluding carboxylic acids is 1. The molecule has 1 heterocycles. The molecule has 0 saturated carbocycles. The molecule has 1 atom stereocenters. The van der Waals surface area contributed by atoms with Gasteiger partial charge in [-0.25, -0.2) is 8.42 Å². The summed E-state index contributed by atoms with van der Waals surface area (Å²) in [4.78, 5) is 16.4. The van der Waals surface area contributed by atoms with E-state index in [2.05, 4.69) is 15.0 Å². The number of nitrogens with one attached hydrogen (secondary N) is 2. The minimum atomic E-state index is -3.75. The smallest absolute Gasteiger partial charge is 0.265 e. The van der Waals surface area contributed by atoms with Crippen LogP contribution in [0.1, 0.15) is 19.4 Å². The topological polar surface area (TPSA) is 97.4 Å². The standard InChI is InChI=1S/C22H23N3O4S/c1-3-17-7-4-5-9-21(17)29-16(2)22(26)24-18-10-12-20(13-11-18)30(27,28)25-19-8-6-14-23-15-19/h4-16,25H,3H2,1-2H3,(H,24,26)/t16-/m0/s1. The van der Waals surface area contributed by atoms with Gasteiger partial charge >= 0.3 is 0 Å². The van der Waals surface area contributed by atoms with Crippen LogP contribution in [-0.2, 0) is 21.2 Å². The van der Waals surface area contributed by atoms with Crippen molar-refractivity contribution < 1.29 is 17.9 Å². The molecule has 0 saturated heterocycles. The van der Waals surface area contributed by atoms with Crippen molar-refractivity contribution in [1.82, 2.24) is 4.98 Å². The van der Waals surface area contributed by atoms with E-state index in [4.69, 9.17) is 4.74 Å². The van der Waals surface area contributed by atoms with Crippen molar-refractivity contribution in [3.63, 3.8) is 0 Å². The van der Waals surface area contributed by atoms with Gasteiger partial charge in [-0.2, -0.15) is 0 Å². The van der Waals surface area contributed by atoms with Crippen LogP contribution in [0.5, 0.6) is 5.75 Å². The van der Waals surface area contributed by atoms with Crippen molar-refractivity contribution in [3.05, 3.63) is 78.6 Å². The molecule has 1 amide bonds. The first-order chi connectivity index (χ1) is 14.4. The lowest BCUT2D eigenvalue weighted by Crippen LogP contribution is -2.30. The van der Waals surface area contributed by atoms with Gasteiger partial charge in [-0.1, -0.05) is 25.1 Å². The lowest BCUT2D eigenvalue weighted by molar-refractivity contribution is -0.122. The predicted molar refractivity (Wildman–Crippen MR) is 116 cm³/mol. The Morgan fingerprint density at radius 1 is 1.03 bits per heavy atom. The minimum Gasteiger partial charge on any atom is -0.481 e. The third-order valence-corrected chi connectivity index (χ3v) is 5.77. The Balaban J connectivity index is 1.64. The van der Waals surface area contributed by atoms with Crippen LogP contribution in [0, 0.1) is 0 Å². The maximum Gasteiger partial charge on any atom is 0.265 e. The number of sulfonamides is 1. The number of ether oxygens (including phenoxy) is 1. The maximum atomic E-state index is 12.5. The van der Waals surface area contributed by atoms with Crippen LogP contribution < -0.4 is 14.8 Å². The zero-order chi connectivity index (χ0) is 21.6. The minimum absolute atomic E-state index is 0.0746. The molecule has 0 aliphatic rings. The Kier molecular flexibility index (Phi) is 6.68. The highest BCUT2D eigenvalue weighted by Gasteiger charge is 2.18. The molecule has 0 aliphatic carbocycles. The van der Waals surface area contributed by atoms with Crippen molar-refractivity contribution in [2.45, 2.75) is 31.3 Å². The van der Waals surface area contributed by atoms with E-state index in [-0.39, 0.29) is 10.8 Å². The zero-order valence-corrected chi connectivity index (χ0v) is 17.5. The fraction of sp³-hybridized carbons (Fsp3) is 0.182. The number of benzene rings is 2. The SMILES string of the molecule is CCc1ccccc1O[C@@H](C)C(=O)Nc1ccc(S(=O)(=O)Nc2cccnc2)cc1. The van der Waals surface area contributed by atoms with Gasteiger partial charge < -0.3 is 10.1 Å². The highest BCUT2D eigenvalue weighted by atomic mass is 32.2. The van der Waals surface area contributed by atoms with Crippen LogP contribution in [0.4, 0.5) is 11.4 Å². The number of nitrogens with zero attached hydrogens (tertiary/aromatic N) is 1. The van der Waals surface area contributed by atoms with E-state index in [0.29, 0.717) is 17.1 Å². The summed E-state index contributed by atoms with van der Waals surface area (Å²) in [5, 5.41) is 2.74. The second-order valence-corrected chi connectivity index (χ2v) is 8.26. The van der Waals surface area contributed by atoms with Gasteiger partial charge in [0.25, 0.3) is 15.9 Å². The van der Waals surface area contributed by atoms with Gasteiger partial charge in [-0.3, -0.25) is 14.5 Å². The summed E-state index contributed by atoms with van der Waals surface area (Å²) in [5.74, 6) is 0.343. The third kappa shape index (κ3) is 5.36. The Morgan fingerprint density at radius 3 is 2.43 bits per heavy atom. The highest BCUT2D eigenvalue weighted by Crippen LogP contribution is 2.21. The first-order valence-corrected chi connectivity index (χ1v) is 11.0. The van der Waals surface area contributed by atoms with E-state index in [0.717, 1.165) is 12.0 Å². The summed E-state index contributed by atoms with van der Waals surface area (Å²) in [6.45, 7) is 3.68. The molecule has 156 valence electrons. The quantitative estimate of drug-likeness (QED) is 0.571. The number of aromatic nitrogens is 1. The van der Waals surface area contributed by atoms with Crippen LogP contribution in [0.2, 0.25) is 0 Å². The number of anilines is 2. The van der Waals surface area contributed by atoms with E-state index in [1.807, 2.05) is 31.2 Å². The van der Waals surface area contributed by atoms with Crippen LogP contribution >= 0.6 is 0 Å². The van der Waals surface area contributed by atoms with Crippen LogP contribution in [0.15, 0.2) is 78.0 Å². The Labute approximate surface area is 176 Å². The molecule has 30 heavy (non-hydrogen) atoms. The summed E-state index contributed by atoms with van der Waals surface area (Å²) in [6, 6.07) is 16.7. The number of aryl methyl sites for hydroxylation is 1. The van der Waals surface area contributed by atoms with E-state index in [1.54, 1.807) is 25.3 Å². The summed E-state index contributed by atoms with van der Waals surface area (Å²) >= 11 is 0. The molecule has 0 bridgehead atoms. The largest absolute Gasteiger partial charge is 0.481 e. The molecule has 8 heteroatoms. The summed E-state index contributed by atoms with van der Waals surface area (Å²) in [6.07, 6.45) is 3.06. The molecule has 0 spiro atoms. The molecule has 0 radical (unpaired) electrons. The first kappa shape index (κ1) is 21.3. The third-order valence-electron chi connectivity index (χ3n) is 4.37. The molecule has 3 aromatic rings. The van der Waals surface area contributed by atoms with Crippen molar-refractivity contribution >= 4 is 27.3 Å². The van der Waals surface area contributed by atoms with Crippen molar-refractivity contribution in [1.29, 1.82) is 0 Å². The number of amides is 1. The normalized spacial score (nSPS) is 12.1. The van der Waals surface area contributed by atoms with Gasteiger partial charge in [0.15, 0.2) is 6.10 Å².